The number of pyridine rings is 1. The van der Waals surface area contributed by atoms with Gasteiger partial charge in [0, 0.05) is 11.8 Å². The maximum Gasteiger partial charge on any atom is 0.337 e. The Morgan fingerprint density at radius 1 is 0.857 bits per heavy atom. The molecule has 0 aliphatic heterocycles. The molecule has 1 aromatic carbocycles. The molecule has 0 fully saturated rings. The van der Waals surface area contributed by atoms with Crippen LogP contribution in [-0.2, 0) is 0 Å². The van der Waals surface area contributed by atoms with Crippen LogP contribution in [0.2, 0.25) is 0 Å². The van der Waals surface area contributed by atoms with Gasteiger partial charge in [-0.1, -0.05) is 0 Å². The zero-order chi connectivity index (χ0) is 15.6. The van der Waals surface area contributed by atoms with E-state index in [-0.39, 0.29) is 27.9 Å². The summed E-state index contributed by atoms with van der Waals surface area (Å²) < 4.78 is 0. The van der Waals surface area contributed by atoms with Gasteiger partial charge in [-0.25, -0.2) is 14.4 Å². The molecule has 0 amide bonds. The van der Waals surface area contributed by atoms with E-state index in [0.717, 1.165) is 18.2 Å². The number of rotatable bonds is 4. The Balaban J connectivity index is 2.78. The van der Waals surface area contributed by atoms with Crippen LogP contribution in [0.4, 0.5) is 0 Å². The molecular weight excluding hydrogens is 278 g/mol. The van der Waals surface area contributed by atoms with E-state index in [1.54, 1.807) is 0 Å². The monoisotopic (exact) mass is 287 g/mol. The first-order valence-electron chi connectivity index (χ1n) is 5.71. The Morgan fingerprint density at radius 2 is 1.52 bits per heavy atom. The molecule has 0 unspecified atom stereocenters. The van der Waals surface area contributed by atoms with Gasteiger partial charge >= 0.3 is 17.9 Å². The van der Waals surface area contributed by atoms with Crippen molar-refractivity contribution < 1.29 is 29.7 Å². The highest BCUT2D eigenvalue weighted by Gasteiger charge is 2.20. The van der Waals surface area contributed by atoms with Crippen LogP contribution in [0.5, 0.6) is 0 Å². The van der Waals surface area contributed by atoms with Gasteiger partial charge in [0.2, 0.25) is 0 Å². The molecule has 0 aliphatic carbocycles. The van der Waals surface area contributed by atoms with Crippen molar-refractivity contribution in [2.24, 2.45) is 0 Å². The third-order valence-corrected chi connectivity index (χ3v) is 2.79. The van der Waals surface area contributed by atoms with Gasteiger partial charge in [0.25, 0.3) is 0 Å². The summed E-state index contributed by atoms with van der Waals surface area (Å²) in [7, 11) is 0. The molecule has 2 rings (SSSR count). The summed E-state index contributed by atoms with van der Waals surface area (Å²) in [5.41, 5.74) is -0.730. The van der Waals surface area contributed by atoms with Crippen molar-refractivity contribution in [1.82, 2.24) is 4.98 Å². The lowest BCUT2D eigenvalue weighted by Gasteiger charge is -2.09. The van der Waals surface area contributed by atoms with Crippen LogP contribution < -0.4 is 0 Å². The fraction of sp³-hybridized carbons (Fsp3) is 0. The molecule has 106 valence electrons. The Labute approximate surface area is 118 Å². The van der Waals surface area contributed by atoms with Crippen LogP contribution in [0.25, 0.3) is 11.3 Å². The van der Waals surface area contributed by atoms with E-state index in [9.17, 15) is 14.4 Å². The quantitative estimate of drug-likeness (QED) is 0.783. The molecule has 0 spiro atoms. The number of nitrogens with zero attached hydrogens (tertiary/aromatic N) is 1. The molecule has 0 saturated heterocycles. The zero-order valence-corrected chi connectivity index (χ0v) is 10.5. The number of carboxylic acids is 3. The summed E-state index contributed by atoms with van der Waals surface area (Å²) in [5.74, 6) is -3.83. The number of aromatic carboxylic acids is 3. The van der Waals surface area contributed by atoms with E-state index >= 15 is 0 Å². The Kier molecular flexibility index (Phi) is 3.66. The normalized spacial score (nSPS) is 10.1. The fourth-order valence-corrected chi connectivity index (χ4v) is 1.85. The van der Waals surface area contributed by atoms with E-state index in [4.69, 9.17) is 15.3 Å². The molecule has 0 radical (unpaired) electrons. The first kappa shape index (κ1) is 14.2. The smallest absolute Gasteiger partial charge is 0.337 e. The second kappa shape index (κ2) is 5.41. The lowest BCUT2D eigenvalue weighted by molar-refractivity contribution is 0.0681. The first-order chi connectivity index (χ1) is 9.91. The van der Waals surface area contributed by atoms with Gasteiger partial charge in [-0.3, -0.25) is 4.98 Å². The van der Waals surface area contributed by atoms with Gasteiger partial charge in [0.1, 0.15) is 0 Å². The lowest BCUT2D eigenvalue weighted by Crippen LogP contribution is -2.07. The number of benzene rings is 1. The van der Waals surface area contributed by atoms with E-state index in [0.29, 0.717) is 0 Å². The molecule has 21 heavy (non-hydrogen) atoms. The summed E-state index contributed by atoms with van der Waals surface area (Å²) in [6.45, 7) is 0. The second-order valence-electron chi connectivity index (χ2n) is 4.08. The maximum absolute atomic E-state index is 11.2. The summed E-state index contributed by atoms with van der Waals surface area (Å²) in [5, 5.41) is 27.3. The highest BCUT2D eigenvalue weighted by Crippen LogP contribution is 2.26. The van der Waals surface area contributed by atoms with Crippen LogP contribution in [-0.4, -0.2) is 38.2 Å². The highest BCUT2D eigenvalue weighted by molar-refractivity contribution is 6.02. The van der Waals surface area contributed by atoms with Crippen molar-refractivity contribution in [2.75, 3.05) is 0 Å². The van der Waals surface area contributed by atoms with E-state index in [2.05, 4.69) is 4.98 Å². The minimum Gasteiger partial charge on any atom is -0.478 e. The van der Waals surface area contributed by atoms with Gasteiger partial charge in [-0.05, 0) is 30.3 Å². The van der Waals surface area contributed by atoms with Gasteiger partial charge < -0.3 is 15.3 Å². The van der Waals surface area contributed by atoms with Crippen molar-refractivity contribution >= 4 is 17.9 Å². The third-order valence-electron chi connectivity index (χ3n) is 2.79. The minimum absolute atomic E-state index is 0.0552. The van der Waals surface area contributed by atoms with Crippen molar-refractivity contribution in [1.29, 1.82) is 0 Å². The predicted molar refractivity (Wildman–Crippen MR) is 70.6 cm³/mol. The number of aromatic nitrogens is 1. The summed E-state index contributed by atoms with van der Waals surface area (Å²) in [4.78, 5) is 37.3. The fourth-order valence-electron chi connectivity index (χ4n) is 1.85. The molecule has 7 heteroatoms. The SMILES string of the molecule is O=C(O)c1ccc(C(=O)O)c(-c2ncccc2C(=O)O)c1. The van der Waals surface area contributed by atoms with Crippen molar-refractivity contribution in [3.8, 4) is 11.3 Å². The lowest BCUT2D eigenvalue weighted by atomic mass is 9.98. The van der Waals surface area contributed by atoms with Gasteiger partial charge in [-0.2, -0.15) is 0 Å². The number of carbonyl (C=O) groups is 3. The number of hydrogen-bond donors (Lipinski definition) is 3. The average molecular weight is 287 g/mol. The topological polar surface area (TPSA) is 125 Å². The Hall–Kier alpha value is -3.22. The summed E-state index contributed by atoms with van der Waals surface area (Å²) >= 11 is 0. The summed E-state index contributed by atoms with van der Waals surface area (Å²) in [6, 6.07) is 6.01. The van der Waals surface area contributed by atoms with E-state index < -0.39 is 17.9 Å². The molecule has 3 N–H and O–H groups in total. The van der Waals surface area contributed by atoms with Crippen LogP contribution in [0.15, 0.2) is 36.5 Å². The van der Waals surface area contributed by atoms with Gasteiger partial charge in [0.05, 0.1) is 22.4 Å². The molecule has 0 bridgehead atoms. The number of hydrogen-bond acceptors (Lipinski definition) is 4. The average Bonchev–Trinajstić information content (AvgIpc) is 2.46. The molecular formula is C14H9NO6. The van der Waals surface area contributed by atoms with Gasteiger partial charge in [0.15, 0.2) is 0 Å². The second-order valence-corrected chi connectivity index (χ2v) is 4.08. The molecule has 1 heterocycles. The highest BCUT2D eigenvalue weighted by atomic mass is 16.4. The molecule has 0 aliphatic rings. The first-order valence-corrected chi connectivity index (χ1v) is 5.71. The molecule has 1 aromatic heterocycles. The number of carboxylic acid groups (broad SMARTS) is 3. The molecule has 0 atom stereocenters. The summed E-state index contributed by atoms with van der Waals surface area (Å²) in [6.07, 6.45) is 1.31. The largest absolute Gasteiger partial charge is 0.478 e. The van der Waals surface area contributed by atoms with Crippen LogP contribution in [0.3, 0.4) is 0 Å². The van der Waals surface area contributed by atoms with Crippen molar-refractivity contribution in [2.45, 2.75) is 0 Å². The molecule has 0 saturated carbocycles. The van der Waals surface area contributed by atoms with Crippen molar-refractivity contribution in [3.63, 3.8) is 0 Å². The molecule has 7 nitrogen and oxygen atoms in total. The standard InChI is InChI=1S/C14H9NO6/c16-12(17)7-3-4-8(13(18)19)10(6-7)11-9(14(20)21)2-1-5-15-11/h1-6H,(H,16,17)(H,18,19)(H,20,21). The van der Waals surface area contributed by atoms with Crippen LogP contribution in [0.1, 0.15) is 31.1 Å². The predicted octanol–water partition coefficient (Wildman–Crippen LogP) is 1.84. The zero-order valence-electron chi connectivity index (χ0n) is 10.5. The Morgan fingerprint density at radius 3 is 2.10 bits per heavy atom. The molecule has 2 aromatic rings. The van der Waals surface area contributed by atoms with E-state index in [1.807, 2.05) is 0 Å². The third kappa shape index (κ3) is 2.71. The maximum atomic E-state index is 11.2. The van der Waals surface area contributed by atoms with Crippen molar-refractivity contribution in [3.05, 3.63) is 53.2 Å². The Bertz CT molecular complexity index is 753. The van der Waals surface area contributed by atoms with Gasteiger partial charge in [-0.15, -0.1) is 0 Å². The van der Waals surface area contributed by atoms with Crippen LogP contribution >= 0.6 is 0 Å². The minimum atomic E-state index is -1.30. The van der Waals surface area contributed by atoms with E-state index in [1.165, 1.54) is 18.3 Å². The van der Waals surface area contributed by atoms with Crippen LogP contribution in [0, 0.1) is 0 Å².